The number of carbonyl (C=O) groups is 2. The molecule has 2 amide bonds. The summed E-state index contributed by atoms with van der Waals surface area (Å²) < 4.78 is 13.2. The number of nitrogens with zero attached hydrogens (tertiary/aromatic N) is 2. The van der Waals surface area contributed by atoms with E-state index < -0.39 is 11.7 Å². The predicted octanol–water partition coefficient (Wildman–Crippen LogP) is 6.11. The molecule has 0 aliphatic heterocycles. The molecule has 0 aliphatic carbocycles. The second kappa shape index (κ2) is 9.63. The Morgan fingerprint density at radius 2 is 1.83 bits per heavy atom. The van der Waals surface area contributed by atoms with Crippen molar-refractivity contribution in [3.8, 4) is 0 Å². The molecule has 10 heteroatoms. The van der Waals surface area contributed by atoms with Crippen LogP contribution in [0.25, 0.3) is 0 Å². The van der Waals surface area contributed by atoms with Crippen molar-refractivity contribution in [2.45, 2.75) is 39.5 Å². The molecule has 0 bridgehead atoms. The Hall–Kier alpha value is -2.36. The smallest absolute Gasteiger partial charge is 0.267 e. The van der Waals surface area contributed by atoms with Crippen molar-refractivity contribution >= 4 is 56.2 Å². The zero-order valence-corrected chi connectivity index (χ0v) is 19.0. The number of rotatable bonds is 7. The van der Waals surface area contributed by atoms with Crippen molar-refractivity contribution in [3.63, 3.8) is 0 Å². The van der Waals surface area contributed by atoms with Crippen LogP contribution in [0.1, 0.15) is 63.2 Å². The summed E-state index contributed by atoms with van der Waals surface area (Å²) >= 11 is 8.45. The molecule has 0 saturated carbocycles. The van der Waals surface area contributed by atoms with Gasteiger partial charge in [-0.3, -0.25) is 14.9 Å². The van der Waals surface area contributed by atoms with Crippen molar-refractivity contribution in [2.75, 3.05) is 10.6 Å². The molecule has 0 radical (unpaired) electrons. The van der Waals surface area contributed by atoms with Crippen LogP contribution in [0.5, 0.6) is 0 Å². The monoisotopic (exact) mass is 466 g/mol. The van der Waals surface area contributed by atoms with E-state index in [-0.39, 0.29) is 16.5 Å². The van der Waals surface area contributed by atoms with Crippen LogP contribution in [0.3, 0.4) is 0 Å². The fourth-order valence-electron chi connectivity index (χ4n) is 2.86. The highest BCUT2D eigenvalue weighted by Crippen LogP contribution is 2.31. The van der Waals surface area contributed by atoms with Gasteiger partial charge >= 0.3 is 0 Å². The van der Waals surface area contributed by atoms with E-state index in [1.165, 1.54) is 17.4 Å². The summed E-state index contributed by atoms with van der Waals surface area (Å²) in [7, 11) is 0. The minimum Gasteiger partial charge on any atom is -0.313 e. The fourth-order valence-corrected chi connectivity index (χ4v) is 5.09. The summed E-state index contributed by atoms with van der Waals surface area (Å²) in [6, 6.07) is 5.25. The largest absolute Gasteiger partial charge is 0.313 e. The summed E-state index contributed by atoms with van der Waals surface area (Å²) in [5.41, 5.74) is 0.862. The van der Waals surface area contributed by atoms with Gasteiger partial charge in [-0.15, -0.1) is 21.5 Å². The van der Waals surface area contributed by atoms with Crippen molar-refractivity contribution in [1.29, 1.82) is 0 Å². The van der Waals surface area contributed by atoms with Gasteiger partial charge in [0, 0.05) is 5.92 Å². The number of aromatic nitrogens is 2. The van der Waals surface area contributed by atoms with E-state index in [2.05, 4.69) is 34.7 Å². The van der Waals surface area contributed by atoms with Gasteiger partial charge in [0.2, 0.25) is 5.13 Å². The maximum atomic E-state index is 13.2. The van der Waals surface area contributed by atoms with Crippen molar-refractivity contribution in [2.24, 2.45) is 0 Å². The van der Waals surface area contributed by atoms with Crippen LogP contribution in [-0.4, -0.2) is 22.0 Å². The average molecular weight is 467 g/mol. The molecule has 2 aromatic heterocycles. The molecule has 3 rings (SSSR count). The molecule has 30 heavy (non-hydrogen) atoms. The van der Waals surface area contributed by atoms with Crippen LogP contribution in [0.4, 0.5) is 14.5 Å². The first-order valence-corrected chi connectivity index (χ1v) is 11.3. The first-order valence-electron chi connectivity index (χ1n) is 9.33. The van der Waals surface area contributed by atoms with Crippen LogP contribution in [0, 0.1) is 12.7 Å². The number of carbonyl (C=O) groups excluding carboxylic acids is 2. The highest BCUT2D eigenvalue weighted by atomic mass is 35.5. The maximum Gasteiger partial charge on any atom is 0.267 e. The molecule has 0 unspecified atom stereocenters. The van der Waals surface area contributed by atoms with E-state index in [1.54, 1.807) is 13.0 Å². The normalized spacial score (nSPS) is 11.0. The molecular formula is C20H20ClFN4O2S2. The van der Waals surface area contributed by atoms with E-state index in [0.29, 0.717) is 26.5 Å². The summed E-state index contributed by atoms with van der Waals surface area (Å²) in [4.78, 5) is 25.6. The SMILES string of the molecule is CCC(CC)c1nnc(NC(=O)c2sc(NC(=O)c3ccc(F)cc3Cl)cc2C)s1. The lowest BCUT2D eigenvalue weighted by atomic mass is 10.1. The Bertz CT molecular complexity index is 1080. The maximum absolute atomic E-state index is 13.2. The van der Waals surface area contributed by atoms with Crippen LogP contribution < -0.4 is 10.6 Å². The van der Waals surface area contributed by atoms with E-state index in [4.69, 9.17) is 11.6 Å². The van der Waals surface area contributed by atoms with Gasteiger partial charge in [-0.25, -0.2) is 4.39 Å². The van der Waals surface area contributed by atoms with Gasteiger partial charge in [0.15, 0.2) is 0 Å². The standard InChI is InChI=1S/C20H20ClFN4O2S2/c1-4-11(5-2)19-25-26-20(30-19)24-18(28)16-10(3)8-15(29-16)23-17(27)13-7-6-12(22)9-14(13)21/h6-9,11H,4-5H2,1-3H3,(H,23,27)(H,24,26,28). The topological polar surface area (TPSA) is 84.0 Å². The quantitative estimate of drug-likeness (QED) is 0.440. The van der Waals surface area contributed by atoms with E-state index >= 15 is 0 Å². The predicted molar refractivity (Wildman–Crippen MR) is 120 cm³/mol. The lowest BCUT2D eigenvalue weighted by molar-refractivity contribution is 0.102. The van der Waals surface area contributed by atoms with Gasteiger partial charge in [-0.1, -0.05) is 36.8 Å². The second-order valence-corrected chi connectivity index (χ2v) is 9.08. The van der Waals surface area contributed by atoms with Gasteiger partial charge in [0.1, 0.15) is 10.8 Å². The highest BCUT2D eigenvalue weighted by molar-refractivity contribution is 7.18. The molecule has 0 spiro atoms. The summed E-state index contributed by atoms with van der Waals surface area (Å²) in [5.74, 6) is -0.986. The van der Waals surface area contributed by atoms with Crippen molar-refractivity contribution < 1.29 is 14.0 Å². The molecule has 0 saturated heterocycles. The summed E-state index contributed by atoms with van der Waals surface area (Å²) in [6.45, 7) is 5.97. The van der Waals surface area contributed by atoms with Crippen LogP contribution in [0.2, 0.25) is 5.02 Å². The Labute approximate surface area is 186 Å². The molecular weight excluding hydrogens is 447 g/mol. The minimum atomic E-state index is -0.522. The van der Waals surface area contributed by atoms with Gasteiger partial charge in [0.25, 0.3) is 11.8 Å². The molecule has 0 fully saturated rings. The molecule has 3 aromatic rings. The van der Waals surface area contributed by atoms with Gasteiger partial charge in [0.05, 0.1) is 20.5 Å². The van der Waals surface area contributed by atoms with Crippen molar-refractivity contribution in [3.05, 3.63) is 56.1 Å². The highest BCUT2D eigenvalue weighted by Gasteiger charge is 2.19. The first kappa shape index (κ1) is 22.3. The molecule has 1 aromatic carbocycles. The number of amides is 2. The minimum absolute atomic E-state index is 0.0169. The molecule has 0 aliphatic rings. The lowest BCUT2D eigenvalue weighted by Crippen LogP contribution is -2.12. The fraction of sp³-hybridized carbons (Fsp3) is 0.300. The van der Waals surface area contributed by atoms with E-state index in [1.807, 2.05) is 0 Å². The number of nitrogens with one attached hydrogen (secondary N) is 2. The van der Waals surface area contributed by atoms with Gasteiger partial charge < -0.3 is 5.32 Å². The first-order chi connectivity index (χ1) is 14.3. The van der Waals surface area contributed by atoms with Crippen LogP contribution in [0.15, 0.2) is 24.3 Å². The van der Waals surface area contributed by atoms with E-state index in [9.17, 15) is 14.0 Å². The van der Waals surface area contributed by atoms with Gasteiger partial charge in [-0.05, 0) is 49.6 Å². The second-order valence-electron chi connectivity index (χ2n) is 6.61. The zero-order chi connectivity index (χ0) is 21.8. The third-order valence-corrected chi connectivity index (χ3v) is 7.00. The van der Waals surface area contributed by atoms with Gasteiger partial charge in [-0.2, -0.15) is 0 Å². The molecule has 0 atom stereocenters. The number of aryl methyl sites for hydroxylation is 1. The third kappa shape index (κ3) is 5.03. The summed E-state index contributed by atoms with van der Waals surface area (Å²) in [5, 5.41) is 15.6. The molecule has 2 N–H and O–H groups in total. The zero-order valence-electron chi connectivity index (χ0n) is 16.6. The Kier molecular flexibility index (Phi) is 7.17. The van der Waals surface area contributed by atoms with Crippen LogP contribution >= 0.6 is 34.3 Å². The number of halogens is 2. The number of benzene rings is 1. The molecule has 6 nitrogen and oxygen atoms in total. The lowest BCUT2D eigenvalue weighted by Gasteiger charge is -2.05. The third-order valence-electron chi connectivity index (χ3n) is 4.53. The molecule has 158 valence electrons. The van der Waals surface area contributed by atoms with Crippen molar-refractivity contribution in [1.82, 2.24) is 10.2 Å². The van der Waals surface area contributed by atoms with E-state index in [0.717, 1.165) is 41.3 Å². The number of hydrogen-bond acceptors (Lipinski definition) is 6. The molecule has 2 heterocycles. The number of anilines is 2. The Balaban J connectivity index is 1.71. The number of hydrogen-bond donors (Lipinski definition) is 2. The Morgan fingerprint density at radius 1 is 1.10 bits per heavy atom. The number of thiophene rings is 1. The summed E-state index contributed by atoms with van der Waals surface area (Å²) in [6.07, 6.45) is 1.93. The Morgan fingerprint density at radius 3 is 2.50 bits per heavy atom. The van der Waals surface area contributed by atoms with Crippen LogP contribution in [-0.2, 0) is 0 Å². The average Bonchev–Trinajstić information content (AvgIpc) is 3.29.